The van der Waals surface area contributed by atoms with Crippen molar-refractivity contribution in [2.75, 3.05) is 20.3 Å². The number of nitro benzene ring substituents is 1. The van der Waals surface area contributed by atoms with E-state index in [1.54, 1.807) is 24.3 Å². The van der Waals surface area contributed by atoms with E-state index in [0.717, 1.165) is 16.7 Å². The number of nitro groups is 1. The number of ether oxygens (including phenoxy) is 2. The fraction of sp³-hybridized carbons (Fsp3) is 0.136. The molecule has 0 aromatic heterocycles. The zero-order valence-corrected chi connectivity index (χ0v) is 17.8. The highest BCUT2D eigenvalue weighted by Crippen LogP contribution is 2.34. The number of methoxy groups -OCH3 is 1. The van der Waals surface area contributed by atoms with Crippen LogP contribution in [0.4, 0.5) is 10.5 Å². The van der Waals surface area contributed by atoms with E-state index in [1.807, 2.05) is 0 Å². The summed E-state index contributed by atoms with van der Waals surface area (Å²) in [5.74, 6) is -0.144. The van der Waals surface area contributed by atoms with Crippen molar-refractivity contribution in [1.29, 1.82) is 0 Å². The fourth-order valence-electron chi connectivity index (χ4n) is 2.83. The smallest absolute Gasteiger partial charge is 0.293 e. The van der Waals surface area contributed by atoms with Gasteiger partial charge in [-0.1, -0.05) is 18.7 Å². The summed E-state index contributed by atoms with van der Waals surface area (Å²) < 4.78 is 10.8. The Hall–Kier alpha value is -3.92. The van der Waals surface area contributed by atoms with E-state index in [2.05, 4.69) is 6.58 Å². The molecule has 2 amide bonds. The standard InChI is InChI=1S/C22H18N2O7S/c1-3-10-31-18-9-4-14(11-19(18)30-2)12-20-21(26)23(22(27)32-20)13-17(25)15-5-7-16(8-6-15)24(28)29/h3-9,11-12H,1,10,13H2,2H3/b20-12+. The van der Waals surface area contributed by atoms with Crippen LogP contribution in [0.2, 0.25) is 0 Å². The summed E-state index contributed by atoms with van der Waals surface area (Å²) in [4.78, 5) is 48.6. The molecule has 1 saturated heterocycles. The predicted molar refractivity (Wildman–Crippen MR) is 119 cm³/mol. The summed E-state index contributed by atoms with van der Waals surface area (Å²) in [6.45, 7) is 3.43. The van der Waals surface area contributed by atoms with Gasteiger partial charge >= 0.3 is 0 Å². The number of carbonyl (C=O) groups is 3. The van der Waals surface area contributed by atoms with Gasteiger partial charge in [0.15, 0.2) is 17.3 Å². The lowest BCUT2D eigenvalue weighted by molar-refractivity contribution is -0.384. The Morgan fingerprint density at radius 3 is 2.53 bits per heavy atom. The molecule has 0 radical (unpaired) electrons. The molecule has 1 aliphatic heterocycles. The summed E-state index contributed by atoms with van der Waals surface area (Å²) >= 11 is 0.723. The first-order valence-electron chi connectivity index (χ1n) is 9.28. The maximum atomic E-state index is 12.7. The number of benzene rings is 2. The quantitative estimate of drug-likeness (QED) is 0.183. The van der Waals surface area contributed by atoms with Crippen molar-refractivity contribution in [3.8, 4) is 11.5 Å². The molecule has 2 aromatic rings. The van der Waals surface area contributed by atoms with Gasteiger partial charge in [-0.25, -0.2) is 0 Å². The number of imide groups is 1. The Kier molecular flexibility index (Phi) is 7.06. The lowest BCUT2D eigenvalue weighted by Crippen LogP contribution is -2.33. The molecule has 0 bridgehead atoms. The molecular weight excluding hydrogens is 436 g/mol. The number of ketones is 1. The van der Waals surface area contributed by atoms with Gasteiger partial charge in [-0.2, -0.15) is 0 Å². The molecule has 0 N–H and O–H groups in total. The van der Waals surface area contributed by atoms with Crippen molar-refractivity contribution in [3.05, 3.63) is 81.3 Å². The average Bonchev–Trinajstić information content (AvgIpc) is 3.05. The molecule has 32 heavy (non-hydrogen) atoms. The Morgan fingerprint density at radius 1 is 1.19 bits per heavy atom. The topological polar surface area (TPSA) is 116 Å². The molecule has 0 saturated carbocycles. The molecule has 1 fully saturated rings. The van der Waals surface area contributed by atoms with E-state index in [4.69, 9.17) is 9.47 Å². The van der Waals surface area contributed by atoms with Crippen LogP contribution in [0.25, 0.3) is 6.08 Å². The average molecular weight is 454 g/mol. The second-order valence-electron chi connectivity index (χ2n) is 6.50. The van der Waals surface area contributed by atoms with Crippen LogP contribution in [-0.2, 0) is 4.79 Å². The Morgan fingerprint density at radius 2 is 1.91 bits per heavy atom. The molecule has 164 valence electrons. The van der Waals surface area contributed by atoms with Gasteiger partial charge in [0.05, 0.1) is 23.5 Å². The van der Waals surface area contributed by atoms with E-state index in [0.29, 0.717) is 23.7 Å². The van der Waals surface area contributed by atoms with Gasteiger partial charge in [-0.3, -0.25) is 29.4 Å². The van der Waals surface area contributed by atoms with E-state index in [-0.39, 0.29) is 16.2 Å². The Bertz CT molecular complexity index is 1130. The van der Waals surface area contributed by atoms with Crippen LogP contribution in [0.1, 0.15) is 15.9 Å². The van der Waals surface area contributed by atoms with E-state index < -0.39 is 28.4 Å². The van der Waals surface area contributed by atoms with E-state index in [1.165, 1.54) is 37.5 Å². The Labute approximate surface area is 187 Å². The van der Waals surface area contributed by atoms with Crippen LogP contribution in [0.5, 0.6) is 11.5 Å². The van der Waals surface area contributed by atoms with Crippen molar-refractivity contribution in [1.82, 2.24) is 4.90 Å². The van der Waals surface area contributed by atoms with E-state index in [9.17, 15) is 24.5 Å². The van der Waals surface area contributed by atoms with Crippen LogP contribution in [0.3, 0.4) is 0 Å². The summed E-state index contributed by atoms with van der Waals surface area (Å²) in [6, 6.07) is 10.0. The molecule has 10 heteroatoms. The third-order valence-electron chi connectivity index (χ3n) is 4.42. The first-order chi connectivity index (χ1) is 15.3. The number of non-ortho nitro benzene ring substituents is 1. The third kappa shape index (κ3) is 5.03. The lowest BCUT2D eigenvalue weighted by Gasteiger charge is -2.11. The highest BCUT2D eigenvalue weighted by molar-refractivity contribution is 8.18. The van der Waals surface area contributed by atoms with Crippen LogP contribution in [0, 0.1) is 10.1 Å². The van der Waals surface area contributed by atoms with Crippen LogP contribution < -0.4 is 9.47 Å². The van der Waals surface area contributed by atoms with Gasteiger partial charge in [-0.05, 0) is 47.7 Å². The van der Waals surface area contributed by atoms with Crippen molar-refractivity contribution in [3.63, 3.8) is 0 Å². The highest BCUT2D eigenvalue weighted by atomic mass is 32.2. The van der Waals surface area contributed by atoms with Crippen LogP contribution in [0.15, 0.2) is 60.0 Å². The summed E-state index contributed by atoms with van der Waals surface area (Å²) in [5.41, 5.74) is 0.616. The zero-order chi connectivity index (χ0) is 23.3. The molecule has 0 atom stereocenters. The molecule has 9 nitrogen and oxygen atoms in total. The molecule has 3 rings (SSSR count). The molecule has 1 heterocycles. The zero-order valence-electron chi connectivity index (χ0n) is 17.0. The van der Waals surface area contributed by atoms with Gasteiger partial charge in [0, 0.05) is 17.7 Å². The summed E-state index contributed by atoms with van der Waals surface area (Å²) in [6.07, 6.45) is 3.13. The monoisotopic (exact) mass is 454 g/mol. The SMILES string of the molecule is C=CCOc1ccc(/C=C2/SC(=O)N(CC(=O)c3ccc([N+](=O)[O-])cc3)C2=O)cc1OC. The van der Waals surface area contributed by atoms with Crippen molar-refractivity contribution < 1.29 is 28.8 Å². The number of rotatable bonds is 9. The summed E-state index contributed by atoms with van der Waals surface area (Å²) in [7, 11) is 1.48. The molecular formula is C22H18N2O7S. The number of Topliss-reactive ketones (excluding diaryl/α,β-unsaturated/α-hetero) is 1. The molecule has 0 unspecified atom stereocenters. The first kappa shape index (κ1) is 22.8. The fourth-order valence-corrected chi connectivity index (χ4v) is 3.67. The van der Waals surface area contributed by atoms with E-state index >= 15 is 0 Å². The maximum Gasteiger partial charge on any atom is 0.293 e. The second-order valence-corrected chi connectivity index (χ2v) is 7.50. The Balaban J connectivity index is 1.75. The molecule has 1 aliphatic rings. The number of carbonyl (C=O) groups excluding carboxylic acids is 3. The van der Waals surface area contributed by atoms with Gasteiger partial charge in [0.2, 0.25) is 0 Å². The van der Waals surface area contributed by atoms with Crippen LogP contribution >= 0.6 is 11.8 Å². The minimum absolute atomic E-state index is 0.160. The highest BCUT2D eigenvalue weighted by Gasteiger charge is 2.36. The number of hydrogen-bond acceptors (Lipinski definition) is 8. The van der Waals surface area contributed by atoms with Crippen molar-refractivity contribution >= 4 is 40.5 Å². The normalized spacial score (nSPS) is 14.5. The third-order valence-corrected chi connectivity index (χ3v) is 5.32. The van der Waals surface area contributed by atoms with Crippen molar-refractivity contribution in [2.24, 2.45) is 0 Å². The van der Waals surface area contributed by atoms with Gasteiger partial charge in [0.25, 0.3) is 16.8 Å². The summed E-state index contributed by atoms with van der Waals surface area (Å²) in [5, 5.41) is 10.2. The number of hydrogen-bond donors (Lipinski definition) is 0. The maximum absolute atomic E-state index is 12.7. The van der Waals surface area contributed by atoms with Crippen molar-refractivity contribution in [2.45, 2.75) is 0 Å². The minimum atomic E-state index is -0.596. The van der Waals surface area contributed by atoms with Gasteiger partial charge < -0.3 is 9.47 Å². The molecule has 0 spiro atoms. The largest absolute Gasteiger partial charge is 0.493 e. The van der Waals surface area contributed by atoms with Crippen LogP contribution in [-0.4, -0.2) is 47.0 Å². The second kappa shape index (κ2) is 9.92. The number of nitrogens with zero attached hydrogens (tertiary/aromatic N) is 2. The molecule has 2 aromatic carbocycles. The number of amides is 2. The minimum Gasteiger partial charge on any atom is -0.493 e. The first-order valence-corrected chi connectivity index (χ1v) is 10.1. The van der Waals surface area contributed by atoms with Gasteiger partial charge in [-0.15, -0.1) is 0 Å². The van der Waals surface area contributed by atoms with Gasteiger partial charge in [0.1, 0.15) is 6.61 Å². The lowest BCUT2D eigenvalue weighted by atomic mass is 10.1. The molecule has 0 aliphatic carbocycles. The number of thioether (sulfide) groups is 1. The predicted octanol–water partition coefficient (Wildman–Crippen LogP) is 4.09.